The summed E-state index contributed by atoms with van der Waals surface area (Å²) in [6, 6.07) is 1.84. The highest BCUT2D eigenvalue weighted by atomic mass is 16.3. The molecule has 1 unspecified atom stereocenters. The molecule has 1 aromatic heterocycles. The van der Waals surface area contributed by atoms with Gasteiger partial charge in [-0.15, -0.1) is 0 Å². The van der Waals surface area contributed by atoms with E-state index in [2.05, 4.69) is 0 Å². The predicted molar refractivity (Wildman–Crippen MR) is 59.9 cm³/mol. The monoisotopic (exact) mass is 209 g/mol. The molecule has 84 valence electrons. The second-order valence-corrected chi connectivity index (χ2v) is 4.29. The van der Waals surface area contributed by atoms with Crippen LogP contribution in [0.4, 0.5) is 0 Å². The van der Waals surface area contributed by atoms with E-state index in [1.807, 2.05) is 36.9 Å². The fraction of sp³-hybridized carbons (Fsp3) is 0.583. The zero-order valence-corrected chi connectivity index (χ0v) is 9.60. The summed E-state index contributed by atoms with van der Waals surface area (Å²) in [4.78, 5) is 11.6. The molecule has 0 bridgehead atoms. The Kier molecular flexibility index (Phi) is 4.09. The molecule has 1 heterocycles. The number of ketones is 1. The van der Waals surface area contributed by atoms with E-state index in [1.54, 1.807) is 6.92 Å². The van der Waals surface area contributed by atoms with Crippen LogP contribution >= 0.6 is 0 Å². The zero-order valence-electron chi connectivity index (χ0n) is 9.60. The topological polar surface area (TPSA) is 42.2 Å². The molecule has 15 heavy (non-hydrogen) atoms. The molecule has 0 saturated carbocycles. The Labute approximate surface area is 90.7 Å². The Morgan fingerprint density at radius 2 is 2.13 bits per heavy atom. The van der Waals surface area contributed by atoms with Crippen LogP contribution in [0.2, 0.25) is 0 Å². The molecule has 0 amide bonds. The molecule has 3 heteroatoms. The van der Waals surface area contributed by atoms with Gasteiger partial charge in [0, 0.05) is 30.4 Å². The van der Waals surface area contributed by atoms with Crippen LogP contribution < -0.4 is 0 Å². The van der Waals surface area contributed by atoms with E-state index >= 15 is 0 Å². The number of carbonyl (C=O) groups excluding carboxylic acids is 1. The van der Waals surface area contributed by atoms with Gasteiger partial charge >= 0.3 is 0 Å². The highest BCUT2D eigenvalue weighted by Gasteiger charge is 2.11. The molecule has 1 atom stereocenters. The van der Waals surface area contributed by atoms with Gasteiger partial charge in [-0.25, -0.2) is 0 Å². The van der Waals surface area contributed by atoms with Crippen molar-refractivity contribution in [3.63, 3.8) is 0 Å². The van der Waals surface area contributed by atoms with Crippen LogP contribution in [-0.4, -0.2) is 21.6 Å². The fourth-order valence-electron chi connectivity index (χ4n) is 1.39. The van der Waals surface area contributed by atoms with Gasteiger partial charge in [0.25, 0.3) is 0 Å². The van der Waals surface area contributed by atoms with Crippen molar-refractivity contribution in [2.24, 2.45) is 5.92 Å². The molecule has 1 aromatic rings. The van der Waals surface area contributed by atoms with E-state index in [-0.39, 0.29) is 17.8 Å². The van der Waals surface area contributed by atoms with Crippen LogP contribution in [0.3, 0.4) is 0 Å². The number of aryl methyl sites for hydroxylation is 1. The lowest BCUT2D eigenvalue weighted by Gasteiger charge is -2.05. The molecule has 1 rings (SSSR count). The van der Waals surface area contributed by atoms with Gasteiger partial charge in [0.05, 0.1) is 6.10 Å². The van der Waals surface area contributed by atoms with Gasteiger partial charge in [0.1, 0.15) is 0 Å². The molecule has 0 aliphatic carbocycles. The number of aliphatic hydroxyl groups excluding tert-OH is 1. The lowest BCUT2D eigenvalue weighted by Crippen LogP contribution is -2.07. The van der Waals surface area contributed by atoms with Crippen molar-refractivity contribution >= 4 is 5.78 Å². The largest absolute Gasteiger partial charge is 0.393 e. The second kappa shape index (κ2) is 5.12. The van der Waals surface area contributed by atoms with E-state index < -0.39 is 0 Å². The average molecular weight is 209 g/mol. The zero-order chi connectivity index (χ0) is 11.4. The summed E-state index contributed by atoms with van der Waals surface area (Å²) in [6.45, 7) is 6.32. The van der Waals surface area contributed by atoms with Crippen molar-refractivity contribution in [2.75, 3.05) is 0 Å². The summed E-state index contributed by atoms with van der Waals surface area (Å²) in [5, 5.41) is 9.14. The standard InChI is InChI=1S/C12H19NO2/c1-9(2)12(15)11-5-7-13(8-11)6-4-10(3)14/h5,7-10,14H,4,6H2,1-3H3. The molecule has 0 aliphatic heterocycles. The SMILES string of the molecule is CC(O)CCn1ccc(C(=O)C(C)C)c1. The molecule has 3 nitrogen and oxygen atoms in total. The summed E-state index contributed by atoms with van der Waals surface area (Å²) in [5.74, 6) is 0.211. The number of carbonyl (C=O) groups is 1. The summed E-state index contributed by atoms with van der Waals surface area (Å²) < 4.78 is 1.95. The fourth-order valence-corrected chi connectivity index (χ4v) is 1.39. The molecule has 0 fully saturated rings. The summed E-state index contributed by atoms with van der Waals surface area (Å²) in [6.07, 6.45) is 4.16. The lowest BCUT2D eigenvalue weighted by molar-refractivity contribution is 0.0939. The normalized spacial score (nSPS) is 13.1. The molecule has 0 spiro atoms. The van der Waals surface area contributed by atoms with Crippen LogP contribution in [0.15, 0.2) is 18.5 Å². The number of aliphatic hydroxyl groups is 1. The van der Waals surface area contributed by atoms with Crippen LogP contribution in [0.5, 0.6) is 0 Å². The van der Waals surface area contributed by atoms with E-state index in [4.69, 9.17) is 5.11 Å². The molecule has 0 aliphatic rings. The van der Waals surface area contributed by atoms with E-state index in [1.165, 1.54) is 0 Å². The Balaban J connectivity index is 2.60. The molecule has 0 aromatic carbocycles. The van der Waals surface area contributed by atoms with Gasteiger partial charge in [-0.1, -0.05) is 13.8 Å². The summed E-state index contributed by atoms with van der Waals surface area (Å²) in [5.41, 5.74) is 0.760. The molecule has 0 radical (unpaired) electrons. The van der Waals surface area contributed by atoms with Gasteiger partial charge < -0.3 is 9.67 Å². The van der Waals surface area contributed by atoms with E-state index in [0.29, 0.717) is 6.42 Å². The smallest absolute Gasteiger partial charge is 0.166 e. The van der Waals surface area contributed by atoms with Crippen LogP contribution in [0, 0.1) is 5.92 Å². The first kappa shape index (κ1) is 12.0. The highest BCUT2D eigenvalue weighted by molar-refractivity contribution is 5.97. The van der Waals surface area contributed by atoms with E-state index in [0.717, 1.165) is 12.1 Å². The van der Waals surface area contributed by atoms with Gasteiger partial charge in [-0.2, -0.15) is 0 Å². The average Bonchev–Trinajstić information content (AvgIpc) is 2.61. The predicted octanol–water partition coefficient (Wildman–Crippen LogP) is 2.10. The first-order valence-corrected chi connectivity index (χ1v) is 5.38. The van der Waals surface area contributed by atoms with Crippen LogP contribution in [0.1, 0.15) is 37.6 Å². The maximum atomic E-state index is 11.6. The van der Waals surface area contributed by atoms with Crippen molar-refractivity contribution < 1.29 is 9.90 Å². The Morgan fingerprint density at radius 1 is 1.47 bits per heavy atom. The number of nitrogens with zero attached hydrogens (tertiary/aromatic N) is 1. The first-order chi connectivity index (χ1) is 7.00. The molecule has 0 saturated heterocycles. The number of aromatic nitrogens is 1. The van der Waals surface area contributed by atoms with Gasteiger partial charge in [0.2, 0.25) is 0 Å². The lowest BCUT2D eigenvalue weighted by atomic mass is 10.0. The number of Topliss-reactive ketones (excluding diaryl/α,β-unsaturated/α-hetero) is 1. The Morgan fingerprint density at radius 3 is 2.67 bits per heavy atom. The minimum Gasteiger partial charge on any atom is -0.393 e. The minimum absolute atomic E-state index is 0.0395. The minimum atomic E-state index is -0.295. The van der Waals surface area contributed by atoms with Crippen molar-refractivity contribution in [3.05, 3.63) is 24.0 Å². The molecular weight excluding hydrogens is 190 g/mol. The maximum absolute atomic E-state index is 11.6. The van der Waals surface area contributed by atoms with Gasteiger partial charge in [0.15, 0.2) is 5.78 Å². The van der Waals surface area contributed by atoms with Crippen molar-refractivity contribution in [1.82, 2.24) is 4.57 Å². The van der Waals surface area contributed by atoms with Crippen LogP contribution in [-0.2, 0) is 6.54 Å². The van der Waals surface area contributed by atoms with Gasteiger partial charge in [-0.05, 0) is 19.4 Å². The summed E-state index contributed by atoms with van der Waals surface area (Å²) >= 11 is 0. The number of hydrogen-bond acceptors (Lipinski definition) is 2. The molecular formula is C12H19NO2. The summed E-state index contributed by atoms with van der Waals surface area (Å²) in [7, 11) is 0. The van der Waals surface area contributed by atoms with Gasteiger partial charge in [-0.3, -0.25) is 4.79 Å². The quantitative estimate of drug-likeness (QED) is 0.754. The van der Waals surface area contributed by atoms with E-state index in [9.17, 15) is 4.79 Å². The third-order valence-corrected chi connectivity index (χ3v) is 2.36. The highest BCUT2D eigenvalue weighted by Crippen LogP contribution is 2.09. The van der Waals surface area contributed by atoms with Crippen molar-refractivity contribution in [1.29, 1.82) is 0 Å². The third-order valence-electron chi connectivity index (χ3n) is 2.36. The first-order valence-electron chi connectivity index (χ1n) is 5.38. The van der Waals surface area contributed by atoms with Crippen LogP contribution in [0.25, 0.3) is 0 Å². The van der Waals surface area contributed by atoms with Crippen molar-refractivity contribution in [3.8, 4) is 0 Å². The van der Waals surface area contributed by atoms with Crippen molar-refractivity contribution in [2.45, 2.75) is 39.8 Å². The number of rotatable bonds is 5. The number of hydrogen-bond donors (Lipinski definition) is 1. The molecule has 1 N–H and O–H groups in total. The third kappa shape index (κ3) is 3.51. The Bertz CT molecular complexity index is 326. The maximum Gasteiger partial charge on any atom is 0.166 e. The Hall–Kier alpha value is -1.09. The second-order valence-electron chi connectivity index (χ2n) is 4.29.